The maximum absolute atomic E-state index is 14.1. The van der Waals surface area contributed by atoms with Crippen molar-refractivity contribution >= 4 is 29.4 Å². The van der Waals surface area contributed by atoms with Gasteiger partial charge in [0, 0.05) is 30.1 Å². The highest BCUT2D eigenvalue weighted by atomic mass is 32.2. The van der Waals surface area contributed by atoms with Gasteiger partial charge in [0.1, 0.15) is 12.4 Å². The number of nitrogens with one attached hydrogen (secondary N) is 1. The Morgan fingerprint density at radius 1 is 0.978 bits per heavy atom. The highest BCUT2D eigenvalue weighted by molar-refractivity contribution is 8.00. The summed E-state index contributed by atoms with van der Waals surface area (Å²) in [5.74, 6) is 1.67. The number of fused-ring (bicyclic) bond motifs is 2. The van der Waals surface area contributed by atoms with Gasteiger partial charge in [-0.15, -0.1) is 11.8 Å². The molecule has 3 aromatic carbocycles. The highest BCUT2D eigenvalue weighted by Gasteiger charge is 2.38. The fourth-order valence-electron chi connectivity index (χ4n) is 5.78. The van der Waals surface area contributed by atoms with Crippen LogP contribution in [-0.2, 0) is 16.1 Å². The number of thioether (sulfide) groups is 1. The molecule has 0 unspecified atom stereocenters. The number of carbonyl (C=O) groups excluding carboxylic acids is 2. The summed E-state index contributed by atoms with van der Waals surface area (Å²) in [5.41, 5.74) is 7.37. The molecule has 0 spiro atoms. The van der Waals surface area contributed by atoms with Gasteiger partial charge in [-0.2, -0.15) is 5.10 Å². The average molecular weight is 618 g/mol. The lowest BCUT2D eigenvalue weighted by molar-refractivity contribution is -0.123. The molecule has 2 aromatic heterocycles. The molecule has 2 aliphatic rings. The Kier molecular flexibility index (Phi) is 7.72. The number of ether oxygens (including phenoxy) is 2. The summed E-state index contributed by atoms with van der Waals surface area (Å²) in [5, 5.41) is 7.91. The number of rotatable bonds is 7. The fraction of sp³-hybridized carbons (Fsp3) is 0.200. The van der Waals surface area contributed by atoms with E-state index in [-0.39, 0.29) is 36.2 Å². The van der Waals surface area contributed by atoms with E-state index in [1.54, 1.807) is 17.3 Å². The molecule has 2 amide bonds. The van der Waals surface area contributed by atoms with E-state index in [0.29, 0.717) is 23.9 Å². The average Bonchev–Trinajstić information content (AvgIpc) is 3.65. The minimum atomic E-state index is -0.280. The molecule has 10 heteroatoms. The lowest BCUT2D eigenvalue weighted by atomic mass is 9.99. The van der Waals surface area contributed by atoms with E-state index in [1.165, 1.54) is 11.8 Å². The summed E-state index contributed by atoms with van der Waals surface area (Å²) >= 11 is 1.52. The van der Waals surface area contributed by atoms with Crippen molar-refractivity contribution in [3.63, 3.8) is 0 Å². The Bertz CT molecular complexity index is 1890. The second-order valence-corrected chi connectivity index (χ2v) is 12.2. The lowest BCUT2D eigenvalue weighted by Crippen LogP contribution is -2.42. The summed E-state index contributed by atoms with van der Waals surface area (Å²) in [7, 11) is 0. The van der Waals surface area contributed by atoms with Crippen molar-refractivity contribution in [3.8, 4) is 28.4 Å². The zero-order valence-electron chi connectivity index (χ0n) is 24.9. The molecular weight excluding hydrogens is 586 g/mol. The van der Waals surface area contributed by atoms with E-state index in [2.05, 4.69) is 16.4 Å². The molecule has 1 atom stereocenters. The van der Waals surface area contributed by atoms with Crippen molar-refractivity contribution in [2.75, 3.05) is 24.0 Å². The number of pyridine rings is 1. The van der Waals surface area contributed by atoms with Crippen LogP contribution in [-0.4, -0.2) is 45.7 Å². The van der Waals surface area contributed by atoms with Gasteiger partial charge >= 0.3 is 0 Å². The van der Waals surface area contributed by atoms with E-state index in [4.69, 9.17) is 14.6 Å². The summed E-state index contributed by atoms with van der Waals surface area (Å²) < 4.78 is 13.2. The first-order valence-electron chi connectivity index (χ1n) is 14.7. The van der Waals surface area contributed by atoms with E-state index in [9.17, 15) is 9.59 Å². The number of aromatic nitrogens is 3. The molecule has 0 saturated heterocycles. The summed E-state index contributed by atoms with van der Waals surface area (Å²) in [4.78, 5) is 33.2. The Morgan fingerprint density at radius 3 is 2.58 bits per heavy atom. The van der Waals surface area contributed by atoms with E-state index >= 15 is 0 Å². The normalized spacial score (nSPS) is 15.5. The number of aryl methyl sites for hydroxylation is 2. The second kappa shape index (κ2) is 12.1. The maximum Gasteiger partial charge on any atom is 0.240 e. The molecule has 9 nitrogen and oxygen atoms in total. The van der Waals surface area contributed by atoms with Crippen LogP contribution in [0.4, 0.5) is 5.82 Å². The molecule has 0 aliphatic carbocycles. The number of amides is 2. The third-order valence-electron chi connectivity index (χ3n) is 7.96. The van der Waals surface area contributed by atoms with Crippen molar-refractivity contribution in [1.29, 1.82) is 0 Å². The van der Waals surface area contributed by atoms with Crippen LogP contribution >= 0.6 is 11.8 Å². The summed E-state index contributed by atoms with van der Waals surface area (Å²) in [6.45, 7) is 4.42. The minimum Gasteiger partial charge on any atom is -0.454 e. The summed E-state index contributed by atoms with van der Waals surface area (Å²) in [6.07, 6.45) is 3.38. The van der Waals surface area contributed by atoms with Crippen molar-refractivity contribution in [2.24, 2.45) is 0 Å². The quantitative estimate of drug-likeness (QED) is 0.248. The van der Waals surface area contributed by atoms with Crippen LogP contribution in [0.1, 0.15) is 33.1 Å². The van der Waals surface area contributed by atoms with Crippen LogP contribution < -0.4 is 19.7 Å². The number of carbonyl (C=O) groups is 2. The molecule has 0 fully saturated rings. The third-order valence-corrected chi connectivity index (χ3v) is 9.21. The summed E-state index contributed by atoms with van der Waals surface area (Å²) in [6, 6.07) is 25.7. The molecule has 4 heterocycles. The number of hydrogen-bond acceptors (Lipinski definition) is 7. The van der Waals surface area contributed by atoms with Crippen molar-refractivity contribution in [1.82, 2.24) is 20.1 Å². The smallest absolute Gasteiger partial charge is 0.240 e. The number of benzene rings is 3. The zero-order valence-corrected chi connectivity index (χ0v) is 25.7. The SMILES string of the molecule is Cc1ccc(-n2nc(-c3ccccc3)c3c2N(CC(=O)NCc2ccncc2)C(=O)CS[C@H]3c2ccc3c(c2)OCO3)c(C)c1. The predicted octanol–water partition coefficient (Wildman–Crippen LogP) is 5.77. The molecule has 226 valence electrons. The fourth-order valence-corrected chi connectivity index (χ4v) is 6.97. The van der Waals surface area contributed by atoms with Gasteiger partial charge in [0.05, 0.1) is 22.4 Å². The minimum absolute atomic E-state index is 0.157. The van der Waals surface area contributed by atoms with E-state index in [1.807, 2.05) is 91.3 Å². The number of anilines is 1. The first-order valence-corrected chi connectivity index (χ1v) is 15.7. The predicted molar refractivity (Wildman–Crippen MR) is 174 cm³/mol. The van der Waals surface area contributed by atoms with Crippen molar-refractivity contribution in [2.45, 2.75) is 25.6 Å². The Balaban J connectivity index is 1.40. The zero-order chi connectivity index (χ0) is 30.9. The van der Waals surface area contributed by atoms with Gasteiger partial charge in [-0.25, -0.2) is 4.68 Å². The van der Waals surface area contributed by atoms with E-state index < -0.39 is 0 Å². The van der Waals surface area contributed by atoms with Gasteiger partial charge in [-0.05, 0) is 60.9 Å². The van der Waals surface area contributed by atoms with Crippen LogP contribution in [0.3, 0.4) is 0 Å². The Morgan fingerprint density at radius 2 is 1.78 bits per heavy atom. The van der Waals surface area contributed by atoms with Crippen LogP contribution in [0.25, 0.3) is 16.9 Å². The third kappa shape index (κ3) is 5.64. The first kappa shape index (κ1) is 28.7. The molecule has 0 saturated carbocycles. The number of hydrogen-bond donors (Lipinski definition) is 1. The van der Waals surface area contributed by atoms with E-state index in [0.717, 1.165) is 44.8 Å². The molecule has 45 heavy (non-hydrogen) atoms. The largest absolute Gasteiger partial charge is 0.454 e. The maximum atomic E-state index is 14.1. The lowest BCUT2D eigenvalue weighted by Gasteiger charge is -2.24. The topological polar surface area (TPSA) is 98.6 Å². The monoisotopic (exact) mass is 617 g/mol. The molecular formula is C35H31N5O4S. The molecule has 0 radical (unpaired) electrons. The van der Waals surface area contributed by atoms with Crippen LogP contribution in [0, 0.1) is 13.8 Å². The Hall–Kier alpha value is -5.09. The standard InChI is InChI=1S/C35H31N5O4S/c1-22-8-10-27(23(2)16-22)40-35-32(33(38-40)25-6-4-3-5-7-25)34(26-9-11-28-29(17-26)44-21-43-28)45-20-31(42)39(35)19-30(41)37-18-24-12-14-36-15-13-24/h3-17,34H,18-21H2,1-2H3,(H,37,41)/t34-/m0/s1. The van der Waals surface area contributed by atoms with Gasteiger partial charge in [0.15, 0.2) is 11.5 Å². The van der Waals surface area contributed by atoms with Crippen LogP contribution in [0.2, 0.25) is 0 Å². The molecule has 1 N–H and O–H groups in total. The van der Waals surface area contributed by atoms with Gasteiger partial charge in [-0.1, -0.05) is 54.1 Å². The van der Waals surface area contributed by atoms with Crippen LogP contribution in [0.5, 0.6) is 11.5 Å². The molecule has 5 aromatic rings. The van der Waals surface area contributed by atoms with Crippen molar-refractivity contribution in [3.05, 3.63) is 119 Å². The molecule has 0 bridgehead atoms. The van der Waals surface area contributed by atoms with Crippen LogP contribution in [0.15, 0.2) is 91.3 Å². The Labute approximate surface area is 265 Å². The molecule has 7 rings (SSSR count). The second-order valence-electron chi connectivity index (χ2n) is 11.1. The van der Waals surface area contributed by atoms with Gasteiger partial charge in [0.25, 0.3) is 0 Å². The number of nitrogens with zero attached hydrogens (tertiary/aromatic N) is 4. The first-order chi connectivity index (χ1) is 22.0. The van der Waals surface area contributed by atoms with Gasteiger partial charge in [0.2, 0.25) is 18.6 Å². The van der Waals surface area contributed by atoms with Gasteiger partial charge < -0.3 is 14.8 Å². The molecule has 2 aliphatic heterocycles. The van der Waals surface area contributed by atoms with Crippen molar-refractivity contribution < 1.29 is 19.1 Å². The van der Waals surface area contributed by atoms with Gasteiger partial charge in [-0.3, -0.25) is 19.5 Å². The highest BCUT2D eigenvalue weighted by Crippen LogP contribution is 2.50.